The Balaban J connectivity index is 1.44. The predicted octanol–water partition coefficient (Wildman–Crippen LogP) is 3.48. The lowest BCUT2D eigenvalue weighted by Crippen LogP contribution is -2.40. The van der Waals surface area contributed by atoms with Crippen LogP contribution in [0.15, 0.2) is 36.5 Å². The maximum absolute atomic E-state index is 13.0. The SMILES string of the molecule is COc1cccc(C(=O)Nc2cc3cn(C4CCC(C)(O)CC4)nc3cc2OCC2CC2)[n+]1O. The second kappa shape index (κ2) is 8.79. The quantitative estimate of drug-likeness (QED) is 0.363. The summed E-state index contributed by atoms with van der Waals surface area (Å²) in [4.78, 5) is 13.0. The highest BCUT2D eigenvalue weighted by Gasteiger charge is 2.30. The highest BCUT2D eigenvalue weighted by atomic mass is 16.5. The summed E-state index contributed by atoms with van der Waals surface area (Å²) in [6.07, 6.45) is 7.50. The van der Waals surface area contributed by atoms with Crippen molar-refractivity contribution in [2.75, 3.05) is 19.0 Å². The Kier molecular flexibility index (Phi) is 5.81. The summed E-state index contributed by atoms with van der Waals surface area (Å²) in [5.74, 6) is 0.766. The first-order valence-corrected chi connectivity index (χ1v) is 11.8. The van der Waals surface area contributed by atoms with Gasteiger partial charge in [-0.3, -0.25) is 14.7 Å². The molecule has 180 valence electrons. The maximum atomic E-state index is 13.0. The lowest BCUT2D eigenvalue weighted by molar-refractivity contribution is -0.907. The van der Waals surface area contributed by atoms with Crippen molar-refractivity contribution < 1.29 is 29.3 Å². The summed E-state index contributed by atoms with van der Waals surface area (Å²) < 4.78 is 13.9. The first kappa shape index (κ1) is 22.5. The third-order valence-corrected chi connectivity index (χ3v) is 6.82. The first-order valence-electron chi connectivity index (χ1n) is 11.8. The number of aromatic nitrogens is 3. The summed E-state index contributed by atoms with van der Waals surface area (Å²) in [6, 6.07) is 8.66. The van der Waals surface area contributed by atoms with Gasteiger partial charge in [-0.05, 0) is 63.5 Å². The molecule has 0 spiro atoms. The lowest BCUT2D eigenvalue weighted by atomic mass is 9.84. The summed E-state index contributed by atoms with van der Waals surface area (Å²) in [6.45, 7) is 2.48. The minimum absolute atomic E-state index is 0.0394. The average molecular weight is 468 g/mol. The molecule has 3 N–H and O–H groups in total. The number of rotatable bonds is 7. The number of nitrogens with zero attached hydrogens (tertiary/aromatic N) is 3. The molecule has 2 aromatic heterocycles. The van der Waals surface area contributed by atoms with Gasteiger partial charge in [-0.25, -0.2) is 0 Å². The number of carbonyl (C=O) groups excluding carboxylic acids is 1. The van der Waals surface area contributed by atoms with E-state index in [-0.39, 0.29) is 17.6 Å². The molecule has 2 aliphatic carbocycles. The van der Waals surface area contributed by atoms with Gasteiger partial charge in [-0.15, -0.1) is 0 Å². The van der Waals surface area contributed by atoms with Crippen LogP contribution in [-0.4, -0.2) is 45.3 Å². The first-order chi connectivity index (χ1) is 16.3. The van der Waals surface area contributed by atoms with E-state index >= 15 is 0 Å². The van der Waals surface area contributed by atoms with E-state index < -0.39 is 11.5 Å². The number of hydrogen-bond acceptors (Lipinski definition) is 6. The molecule has 2 fully saturated rings. The fourth-order valence-corrected chi connectivity index (χ4v) is 4.45. The van der Waals surface area contributed by atoms with Crippen LogP contribution < -0.4 is 19.5 Å². The molecule has 1 amide bonds. The molecule has 0 aliphatic heterocycles. The summed E-state index contributed by atoms with van der Waals surface area (Å²) >= 11 is 0. The van der Waals surface area contributed by atoms with Crippen molar-refractivity contribution in [1.82, 2.24) is 9.78 Å². The number of amides is 1. The number of methoxy groups -OCH3 is 1. The van der Waals surface area contributed by atoms with Crippen LogP contribution in [0.2, 0.25) is 0 Å². The van der Waals surface area contributed by atoms with E-state index in [4.69, 9.17) is 14.6 Å². The van der Waals surface area contributed by atoms with E-state index in [9.17, 15) is 15.1 Å². The van der Waals surface area contributed by atoms with E-state index in [0.29, 0.717) is 28.7 Å². The van der Waals surface area contributed by atoms with Gasteiger partial charge in [0.25, 0.3) is 0 Å². The Hall–Kier alpha value is -3.33. The van der Waals surface area contributed by atoms with Gasteiger partial charge in [0.05, 0.1) is 47.4 Å². The second-order valence-corrected chi connectivity index (χ2v) is 9.72. The predicted molar refractivity (Wildman–Crippen MR) is 124 cm³/mol. The Morgan fingerprint density at radius 2 is 2.03 bits per heavy atom. The van der Waals surface area contributed by atoms with Crippen molar-refractivity contribution in [3.05, 3.63) is 42.2 Å². The van der Waals surface area contributed by atoms with Crippen LogP contribution in [0, 0.1) is 5.92 Å². The molecule has 2 heterocycles. The molecular formula is C25H31N4O5+. The molecule has 2 aliphatic rings. The van der Waals surface area contributed by atoms with Gasteiger partial charge in [0.1, 0.15) is 5.75 Å². The molecular weight excluding hydrogens is 436 g/mol. The molecule has 34 heavy (non-hydrogen) atoms. The van der Waals surface area contributed by atoms with Crippen molar-refractivity contribution >= 4 is 22.5 Å². The zero-order valence-corrected chi connectivity index (χ0v) is 19.5. The summed E-state index contributed by atoms with van der Waals surface area (Å²) in [5.41, 5.74) is 0.748. The van der Waals surface area contributed by atoms with Crippen molar-refractivity contribution in [3.8, 4) is 11.6 Å². The molecule has 0 atom stereocenters. The third-order valence-electron chi connectivity index (χ3n) is 6.82. The molecule has 9 nitrogen and oxygen atoms in total. The molecule has 1 aromatic carbocycles. The fraction of sp³-hybridized carbons (Fsp3) is 0.480. The topological polar surface area (TPSA) is 110 Å². The Bertz CT molecular complexity index is 1210. The highest BCUT2D eigenvalue weighted by molar-refractivity contribution is 6.04. The molecule has 0 unspecified atom stereocenters. The number of hydrogen-bond donors (Lipinski definition) is 3. The largest absolute Gasteiger partial charge is 0.491 e. The van der Waals surface area contributed by atoms with Crippen molar-refractivity contribution in [2.24, 2.45) is 5.92 Å². The third kappa shape index (κ3) is 4.65. The van der Waals surface area contributed by atoms with Gasteiger partial charge in [0.15, 0.2) is 0 Å². The van der Waals surface area contributed by atoms with Crippen LogP contribution in [0.1, 0.15) is 62.0 Å². The van der Waals surface area contributed by atoms with Crippen molar-refractivity contribution in [3.63, 3.8) is 0 Å². The monoisotopic (exact) mass is 467 g/mol. The van der Waals surface area contributed by atoms with Crippen LogP contribution in [0.4, 0.5) is 5.69 Å². The molecule has 5 rings (SSSR count). The van der Waals surface area contributed by atoms with Crippen LogP contribution in [-0.2, 0) is 0 Å². The second-order valence-electron chi connectivity index (χ2n) is 9.72. The normalized spacial score (nSPS) is 22.5. The molecule has 0 radical (unpaired) electrons. The van der Waals surface area contributed by atoms with Gasteiger partial charge in [0.2, 0.25) is 0 Å². The van der Waals surface area contributed by atoms with Gasteiger partial charge in [-0.2, -0.15) is 5.10 Å². The number of ether oxygens (including phenoxy) is 2. The van der Waals surface area contributed by atoms with E-state index in [0.717, 1.165) is 49.4 Å². The number of benzene rings is 1. The van der Waals surface area contributed by atoms with Crippen LogP contribution >= 0.6 is 0 Å². The number of carbonyl (C=O) groups is 1. The van der Waals surface area contributed by atoms with Crippen LogP contribution in [0.25, 0.3) is 10.9 Å². The molecule has 0 saturated heterocycles. The lowest BCUT2D eigenvalue weighted by Gasteiger charge is -2.33. The molecule has 0 bridgehead atoms. The van der Waals surface area contributed by atoms with Crippen LogP contribution in [0.5, 0.6) is 11.6 Å². The number of anilines is 1. The molecule has 2 saturated carbocycles. The maximum Gasteiger partial charge on any atom is 0.417 e. The zero-order valence-electron chi connectivity index (χ0n) is 19.5. The smallest absolute Gasteiger partial charge is 0.417 e. The standard InChI is InChI=1S/C25H30N4O5/c1-25(31)10-8-18(9-11-25)28-14-17-12-20(22(13-19(17)27-28)34-15-16-6-7-16)26-24(30)21-4-3-5-23(33-2)29(21)32/h3-5,12-14,16,18,31H,6-11,15H2,1-2H3,(H-,26,30,32)/p+1. The fourth-order valence-electron chi connectivity index (χ4n) is 4.45. The van der Waals surface area contributed by atoms with Gasteiger partial charge in [0, 0.05) is 23.7 Å². The van der Waals surface area contributed by atoms with Gasteiger partial charge in [-0.1, -0.05) is 0 Å². The summed E-state index contributed by atoms with van der Waals surface area (Å²) in [5, 5.41) is 29.1. The number of pyridine rings is 1. The Labute approximate surface area is 197 Å². The van der Waals surface area contributed by atoms with Crippen molar-refractivity contribution in [2.45, 2.75) is 57.1 Å². The van der Waals surface area contributed by atoms with E-state index in [1.807, 2.05) is 29.9 Å². The van der Waals surface area contributed by atoms with E-state index in [2.05, 4.69) is 5.32 Å². The zero-order chi connectivity index (χ0) is 23.9. The Morgan fingerprint density at radius 3 is 2.74 bits per heavy atom. The summed E-state index contributed by atoms with van der Waals surface area (Å²) in [7, 11) is 1.42. The minimum atomic E-state index is -0.603. The number of aliphatic hydroxyl groups is 1. The van der Waals surface area contributed by atoms with Gasteiger partial charge < -0.3 is 19.9 Å². The number of fused-ring (bicyclic) bond motifs is 1. The Morgan fingerprint density at radius 1 is 1.26 bits per heavy atom. The van der Waals surface area contributed by atoms with Crippen LogP contribution in [0.3, 0.4) is 0 Å². The van der Waals surface area contributed by atoms with E-state index in [1.54, 1.807) is 12.1 Å². The average Bonchev–Trinajstić information content (AvgIpc) is 3.55. The van der Waals surface area contributed by atoms with Gasteiger partial charge >= 0.3 is 17.5 Å². The van der Waals surface area contributed by atoms with E-state index in [1.165, 1.54) is 13.2 Å². The number of nitrogens with one attached hydrogen (secondary N) is 1. The molecule has 9 heteroatoms. The minimum Gasteiger partial charge on any atom is -0.491 e. The highest BCUT2D eigenvalue weighted by Crippen LogP contribution is 2.37. The van der Waals surface area contributed by atoms with Crippen molar-refractivity contribution in [1.29, 1.82) is 0 Å². The molecule has 3 aromatic rings.